The zero-order chi connectivity index (χ0) is 29.1. The van der Waals surface area contributed by atoms with E-state index in [-0.39, 0.29) is 35.4 Å². The van der Waals surface area contributed by atoms with Crippen molar-refractivity contribution in [2.45, 2.75) is 77.0 Å². The van der Waals surface area contributed by atoms with Gasteiger partial charge in [-0.3, -0.25) is 9.59 Å². The minimum atomic E-state index is -0.348. The number of piperidine rings is 1. The van der Waals surface area contributed by atoms with Crippen LogP contribution in [0.4, 0.5) is 0 Å². The molecule has 0 radical (unpaired) electrons. The molecule has 6 rings (SSSR count). The Morgan fingerprint density at radius 1 is 1.22 bits per heavy atom. The molecule has 2 aliphatic heterocycles. The number of carbonyl (C=O) groups is 2. The molecule has 1 spiro atoms. The van der Waals surface area contributed by atoms with E-state index in [0.29, 0.717) is 30.0 Å². The van der Waals surface area contributed by atoms with E-state index < -0.39 is 0 Å². The molecule has 4 aliphatic rings. The van der Waals surface area contributed by atoms with E-state index in [0.717, 1.165) is 60.2 Å². The van der Waals surface area contributed by atoms with Crippen LogP contribution >= 0.6 is 0 Å². The van der Waals surface area contributed by atoms with Gasteiger partial charge in [0.1, 0.15) is 11.9 Å². The van der Waals surface area contributed by atoms with E-state index in [1.165, 1.54) is 6.92 Å². The second-order valence-electron chi connectivity index (χ2n) is 12.7. The third-order valence-corrected chi connectivity index (χ3v) is 9.67. The fourth-order valence-corrected chi connectivity index (χ4v) is 8.15. The van der Waals surface area contributed by atoms with Crippen molar-refractivity contribution in [1.29, 1.82) is 0 Å². The lowest BCUT2D eigenvalue weighted by Crippen LogP contribution is -2.68. The average Bonchev–Trinajstić information content (AvgIpc) is 3.27. The number of carbonyl (C=O) groups excluding carboxylic acids is 2. The molecule has 2 fully saturated rings. The first kappa shape index (κ1) is 27.7. The smallest absolute Gasteiger partial charge is 0.308 e. The second-order valence-corrected chi connectivity index (χ2v) is 12.7. The summed E-state index contributed by atoms with van der Waals surface area (Å²) in [4.78, 5) is 30.5. The van der Waals surface area contributed by atoms with E-state index >= 15 is 0 Å². The first-order valence-electron chi connectivity index (χ1n) is 14.8. The van der Waals surface area contributed by atoms with Gasteiger partial charge in [-0.05, 0) is 75.7 Å². The molecule has 41 heavy (non-hydrogen) atoms. The fraction of sp³-hybridized carbons (Fsp3) is 0.529. The highest BCUT2D eigenvalue weighted by atomic mass is 16.5. The van der Waals surface area contributed by atoms with Crippen LogP contribution in [0.3, 0.4) is 0 Å². The summed E-state index contributed by atoms with van der Waals surface area (Å²) >= 11 is 0. The standard InChI is InChI=1S/C34H40N2O5/c1-20(2)19-36(30(38)13-10-23-9-7-8-21(3)16-23)26-12-11-25-27-17-24-28(40-22(4)37)18-29(39-6)32-31(24)34(25,33(26)41-32)14-15-35(27)5/h7-9,16,18,20,25-27,33H,11-12,14-15,17,19H2,1-6H3/t25-,26+,27+,33-,34-/m0/s1. The number of likely N-dealkylation sites (N-methyl/N-ethyl adjacent to an activating group) is 1. The summed E-state index contributed by atoms with van der Waals surface area (Å²) in [6.45, 7) is 9.29. The van der Waals surface area contributed by atoms with Crippen LogP contribution in [0.25, 0.3) is 0 Å². The maximum Gasteiger partial charge on any atom is 0.308 e. The highest BCUT2D eigenvalue weighted by molar-refractivity contribution is 5.94. The Labute approximate surface area is 243 Å². The number of hydrogen-bond acceptors (Lipinski definition) is 6. The first-order chi connectivity index (χ1) is 19.6. The molecule has 2 aromatic rings. The van der Waals surface area contributed by atoms with Crippen molar-refractivity contribution in [1.82, 2.24) is 9.80 Å². The zero-order valence-electron chi connectivity index (χ0n) is 25.0. The van der Waals surface area contributed by atoms with Crippen LogP contribution in [0.15, 0.2) is 30.3 Å². The van der Waals surface area contributed by atoms with Crippen LogP contribution in [0.1, 0.15) is 62.3 Å². The molecule has 1 saturated heterocycles. The van der Waals surface area contributed by atoms with Gasteiger partial charge in [-0.1, -0.05) is 31.9 Å². The molecule has 5 atom stereocenters. The number of ether oxygens (including phenoxy) is 3. The van der Waals surface area contributed by atoms with Gasteiger partial charge in [-0.25, -0.2) is 0 Å². The summed E-state index contributed by atoms with van der Waals surface area (Å²) in [7, 11) is 3.83. The monoisotopic (exact) mass is 556 g/mol. The number of amides is 1. The van der Waals surface area contributed by atoms with Crippen molar-refractivity contribution in [2.75, 3.05) is 27.2 Å². The Balaban J connectivity index is 1.45. The third kappa shape index (κ3) is 4.48. The molecular formula is C34H40N2O5. The molecule has 2 aromatic carbocycles. The van der Waals surface area contributed by atoms with Crippen molar-refractivity contribution < 1.29 is 23.8 Å². The molecule has 216 valence electrons. The summed E-state index contributed by atoms with van der Waals surface area (Å²) in [6.07, 6.45) is 3.34. The van der Waals surface area contributed by atoms with E-state index in [4.69, 9.17) is 14.2 Å². The van der Waals surface area contributed by atoms with Crippen molar-refractivity contribution in [3.05, 3.63) is 52.6 Å². The lowest BCUT2D eigenvalue weighted by Gasteiger charge is -2.60. The molecule has 7 nitrogen and oxygen atoms in total. The first-order valence-corrected chi connectivity index (χ1v) is 14.8. The molecule has 0 N–H and O–H groups in total. The van der Waals surface area contributed by atoms with E-state index in [9.17, 15) is 9.59 Å². The summed E-state index contributed by atoms with van der Waals surface area (Å²) in [5, 5.41) is 0. The normalized spacial score (nSPS) is 27.3. The number of rotatable bonds is 5. The van der Waals surface area contributed by atoms with E-state index in [2.05, 4.69) is 37.6 Å². The van der Waals surface area contributed by atoms with Crippen molar-refractivity contribution >= 4 is 11.9 Å². The quantitative estimate of drug-likeness (QED) is 0.307. The van der Waals surface area contributed by atoms with Gasteiger partial charge in [0, 0.05) is 53.6 Å². The minimum absolute atomic E-state index is 0.128. The number of benzene rings is 2. The Hall–Kier alpha value is -3.50. The van der Waals surface area contributed by atoms with Crippen molar-refractivity contribution in [2.24, 2.45) is 11.8 Å². The van der Waals surface area contributed by atoms with Crippen LogP contribution in [-0.4, -0.2) is 67.1 Å². The van der Waals surface area contributed by atoms with Crippen LogP contribution in [0.5, 0.6) is 17.2 Å². The largest absolute Gasteiger partial charge is 0.493 e. The maximum atomic E-state index is 13.9. The number of hydrogen-bond donors (Lipinski definition) is 0. The SMILES string of the molecule is COc1cc(OC(C)=O)c2c3c1O[C@H]1[C@H](N(CC(C)C)C(=O)C#Cc4cccc(C)c4)CC[C@H]4[C@@H](C2)N(C)CC[C@@]341. The zero-order valence-corrected chi connectivity index (χ0v) is 25.0. The lowest BCUT2D eigenvalue weighted by atomic mass is 9.51. The molecule has 1 saturated carbocycles. The Kier molecular flexibility index (Phi) is 7.02. The van der Waals surface area contributed by atoms with Crippen LogP contribution in [0.2, 0.25) is 0 Å². The maximum absolute atomic E-state index is 13.9. The number of esters is 1. The number of methoxy groups -OCH3 is 1. The molecule has 1 amide bonds. The third-order valence-electron chi connectivity index (χ3n) is 9.67. The van der Waals surface area contributed by atoms with Gasteiger partial charge in [0.15, 0.2) is 11.5 Å². The van der Waals surface area contributed by atoms with Crippen molar-refractivity contribution in [3.8, 4) is 29.1 Å². The van der Waals surface area contributed by atoms with Gasteiger partial charge in [0.25, 0.3) is 5.91 Å². The summed E-state index contributed by atoms with van der Waals surface area (Å²) in [5.74, 6) is 8.14. The topological polar surface area (TPSA) is 68.3 Å². The Bertz CT molecular complexity index is 1450. The summed E-state index contributed by atoms with van der Waals surface area (Å²) < 4.78 is 18.6. The molecule has 0 aromatic heterocycles. The number of aryl methyl sites for hydroxylation is 1. The lowest BCUT2D eigenvalue weighted by molar-refractivity contribution is -0.137. The van der Waals surface area contributed by atoms with Gasteiger partial charge < -0.3 is 24.0 Å². The van der Waals surface area contributed by atoms with Crippen molar-refractivity contribution in [3.63, 3.8) is 0 Å². The van der Waals surface area contributed by atoms with E-state index in [1.807, 2.05) is 36.1 Å². The van der Waals surface area contributed by atoms with Crippen LogP contribution in [-0.2, 0) is 21.4 Å². The minimum Gasteiger partial charge on any atom is -0.493 e. The Morgan fingerprint density at radius 3 is 2.73 bits per heavy atom. The summed E-state index contributed by atoms with van der Waals surface area (Å²) in [6, 6.07) is 9.93. The van der Waals surface area contributed by atoms with Crippen LogP contribution < -0.4 is 14.2 Å². The van der Waals surface area contributed by atoms with E-state index in [1.54, 1.807) is 13.2 Å². The van der Waals surface area contributed by atoms with Gasteiger partial charge in [0.05, 0.1) is 13.2 Å². The van der Waals surface area contributed by atoms with Gasteiger partial charge >= 0.3 is 5.97 Å². The second kappa shape index (κ2) is 10.4. The predicted molar refractivity (Wildman–Crippen MR) is 156 cm³/mol. The summed E-state index contributed by atoms with van der Waals surface area (Å²) in [5.41, 5.74) is 3.86. The highest BCUT2D eigenvalue weighted by Crippen LogP contribution is 2.65. The molecule has 2 heterocycles. The molecule has 2 aliphatic carbocycles. The Morgan fingerprint density at radius 2 is 2.02 bits per heavy atom. The van der Waals surface area contributed by atoms with Gasteiger partial charge in [-0.2, -0.15) is 0 Å². The van der Waals surface area contributed by atoms with Gasteiger partial charge in [-0.15, -0.1) is 0 Å². The predicted octanol–water partition coefficient (Wildman–Crippen LogP) is 4.50. The molecule has 0 unspecified atom stereocenters. The highest BCUT2D eigenvalue weighted by Gasteiger charge is 2.67. The molecule has 7 heteroatoms. The molecular weight excluding hydrogens is 516 g/mol. The fourth-order valence-electron chi connectivity index (χ4n) is 8.15. The number of likely N-dealkylation sites (tertiary alicyclic amines) is 1. The van der Waals surface area contributed by atoms with Gasteiger partial charge in [0.2, 0.25) is 0 Å². The number of nitrogens with zero attached hydrogens (tertiary/aromatic N) is 2. The molecule has 2 bridgehead atoms. The van der Waals surface area contributed by atoms with Crippen LogP contribution in [0, 0.1) is 30.6 Å². The average molecular weight is 557 g/mol.